The summed E-state index contributed by atoms with van der Waals surface area (Å²) in [6, 6.07) is 7.18. The second-order valence-corrected chi connectivity index (χ2v) is 12.0. The number of carbonyl (C=O) groups is 1. The average Bonchev–Trinajstić information content (AvgIpc) is 3.39. The molecule has 8 nitrogen and oxygen atoms in total. The zero-order valence-corrected chi connectivity index (χ0v) is 25.2. The summed E-state index contributed by atoms with van der Waals surface area (Å²) in [6.07, 6.45) is 5.28. The van der Waals surface area contributed by atoms with Gasteiger partial charge in [0.15, 0.2) is 5.82 Å². The monoisotopic (exact) mass is 574 g/mol. The van der Waals surface area contributed by atoms with Crippen LogP contribution in [0.15, 0.2) is 30.5 Å². The van der Waals surface area contributed by atoms with Crippen LogP contribution in [0.25, 0.3) is 21.8 Å². The minimum absolute atomic E-state index is 0.0417. The number of likely N-dealkylation sites (tertiary alicyclic amines) is 1. The van der Waals surface area contributed by atoms with Gasteiger partial charge in [-0.3, -0.25) is 4.79 Å². The van der Waals surface area contributed by atoms with Gasteiger partial charge in [-0.25, -0.2) is 19.3 Å². The molecule has 1 aromatic carbocycles. The first kappa shape index (κ1) is 30.8. The molecule has 0 spiro atoms. The Morgan fingerprint density at radius 3 is 2.56 bits per heavy atom. The van der Waals surface area contributed by atoms with Crippen molar-refractivity contribution >= 4 is 41.3 Å². The van der Waals surface area contributed by atoms with E-state index in [4.69, 9.17) is 9.72 Å². The molecule has 3 aromatic rings. The fourth-order valence-electron chi connectivity index (χ4n) is 3.75. The van der Waals surface area contributed by atoms with Crippen LogP contribution in [-0.2, 0) is 9.53 Å². The van der Waals surface area contributed by atoms with Crippen molar-refractivity contribution in [2.24, 2.45) is 0 Å². The predicted molar refractivity (Wildman–Crippen MR) is 161 cm³/mol. The molecule has 3 heterocycles. The summed E-state index contributed by atoms with van der Waals surface area (Å²) < 4.78 is 23.6. The average molecular weight is 575 g/mol. The van der Waals surface area contributed by atoms with Gasteiger partial charge in [0.25, 0.3) is 0 Å². The highest BCUT2D eigenvalue weighted by molar-refractivity contribution is 8.00. The number of benzene rings is 1. The SMILES string of the molecule is CCCSNc1cccc(-c2nc(C3CCN(C=O)CC3)sc2-c2ccnc(NC)n2)c1F.COC(C)(C)C. The number of aromatic nitrogens is 3. The molecule has 0 aliphatic carbocycles. The number of hydrogen-bond acceptors (Lipinski definition) is 9. The first-order valence-corrected chi connectivity index (χ1v) is 14.9. The molecule has 39 heavy (non-hydrogen) atoms. The summed E-state index contributed by atoms with van der Waals surface area (Å²) in [5, 5.41) is 3.92. The third-order valence-corrected chi connectivity index (χ3v) is 8.35. The largest absolute Gasteiger partial charge is 0.379 e. The molecule has 1 fully saturated rings. The fraction of sp³-hybridized carbons (Fsp3) is 0.500. The van der Waals surface area contributed by atoms with Gasteiger partial charge in [-0.2, -0.15) is 0 Å². The zero-order chi connectivity index (χ0) is 28.4. The Kier molecular flexibility index (Phi) is 11.5. The Morgan fingerprint density at radius 1 is 1.23 bits per heavy atom. The normalized spacial score (nSPS) is 14.0. The minimum atomic E-state index is -0.321. The standard InChI is InChI=1S/C23H27FN6OS2.C5H12O/c1-3-13-32-29-17-6-4-5-16(19(17)24)20-21(18-7-10-26-23(25-2)27-18)33-22(28-20)15-8-11-30(14-31)12-9-15;1-5(2,3)6-4/h4-7,10,14-15,29H,3,8-9,11-13H2,1-2H3,(H,25,26,27);1-4H3. The molecule has 0 bridgehead atoms. The van der Waals surface area contributed by atoms with Crippen LogP contribution in [0.2, 0.25) is 0 Å². The van der Waals surface area contributed by atoms with Crippen LogP contribution < -0.4 is 10.0 Å². The molecule has 11 heteroatoms. The van der Waals surface area contributed by atoms with Crippen molar-refractivity contribution in [1.82, 2.24) is 19.9 Å². The lowest BCUT2D eigenvalue weighted by Crippen LogP contribution is -2.31. The number of hydrogen-bond donors (Lipinski definition) is 2. The second kappa shape index (κ2) is 14.6. The van der Waals surface area contributed by atoms with E-state index < -0.39 is 0 Å². The van der Waals surface area contributed by atoms with Gasteiger partial charge in [-0.1, -0.05) is 24.9 Å². The lowest BCUT2D eigenvalue weighted by atomic mass is 9.98. The van der Waals surface area contributed by atoms with Crippen molar-refractivity contribution in [3.63, 3.8) is 0 Å². The molecule has 1 saturated heterocycles. The number of thiazole rings is 1. The Bertz CT molecular complexity index is 1210. The Hall–Kier alpha value is -2.76. The highest BCUT2D eigenvalue weighted by Gasteiger charge is 2.27. The van der Waals surface area contributed by atoms with E-state index in [-0.39, 0.29) is 17.3 Å². The number of anilines is 2. The predicted octanol–water partition coefficient (Wildman–Crippen LogP) is 6.69. The van der Waals surface area contributed by atoms with E-state index in [2.05, 4.69) is 26.9 Å². The summed E-state index contributed by atoms with van der Waals surface area (Å²) in [4.78, 5) is 27.5. The molecule has 1 amide bonds. The lowest BCUT2D eigenvalue weighted by Gasteiger charge is -2.27. The zero-order valence-electron chi connectivity index (χ0n) is 23.6. The number of nitrogens with one attached hydrogen (secondary N) is 2. The Labute approximate surface area is 239 Å². The maximum Gasteiger partial charge on any atom is 0.222 e. The van der Waals surface area contributed by atoms with Gasteiger partial charge >= 0.3 is 0 Å². The maximum absolute atomic E-state index is 15.6. The van der Waals surface area contributed by atoms with Crippen molar-refractivity contribution < 1.29 is 13.9 Å². The molecule has 2 aromatic heterocycles. The van der Waals surface area contributed by atoms with Gasteiger partial charge in [-0.05, 0) is 58.2 Å². The smallest absolute Gasteiger partial charge is 0.222 e. The number of nitrogens with zero attached hydrogens (tertiary/aromatic N) is 4. The van der Waals surface area contributed by atoms with Crippen LogP contribution >= 0.6 is 23.3 Å². The first-order valence-electron chi connectivity index (χ1n) is 13.1. The number of methoxy groups -OCH3 is 1. The summed E-state index contributed by atoms with van der Waals surface area (Å²) in [7, 11) is 3.47. The highest BCUT2D eigenvalue weighted by Crippen LogP contribution is 2.42. The summed E-state index contributed by atoms with van der Waals surface area (Å²) in [6.45, 7) is 9.56. The second-order valence-electron chi connectivity index (χ2n) is 10.1. The molecular formula is C28H39FN6O2S2. The van der Waals surface area contributed by atoms with E-state index in [0.717, 1.165) is 41.3 Å². The minimum Gasteiger partial charge on any atom is -0.379 e. The van der Waals surface area contributed by atoms with Crippen LogP contribution in [0.3, 0.4) is 0 Å². The Balaban J connectivity index is 0.000000631. The van der Waals surface area contributed by atoms with E-state index in [1.54, 1.807) is 48.7 Å². The van der Waals surface area contributed by atoms with Crippen molar-refractivity contribution in [3.05, 3.63) is 41.3 Å². The summed E-state index contributed by atoms with van der Waals surface area (Å²) in [5.74, 6) is 1.30. The van der Waals surface area contributed by atoms with Crippen molar-refractivity contribution in [1.29, 1.82) is 0 Å². The van der Waals surface area contributed by atoms with Crippen molar-refractivity contribution in [2.45, 2.75) is 58.5 Å². The van der Waals surface area contributed by atoms with Gasteiger partial charge in [0, 0.05) is 50.7 Å². The topological polar surface area (TPSA) is 92.3 Å². The van der Waals surface area contributed by atoms with E-state index >= 15 is 4.39 Å². The maximum atomic E-state index is 15.6. The van der Waals surface area contributed by atoms with Gasteiger partial charge in [0.2, 0.25) is 12.4 Å². The third kappa shape index (κ3) is 8.61. The Morgan fingerprint density at radius 2 is 1.95 bits per heavy atom. The number of halogens is 1. The van der Waals surface area contributed by atoms with Crippen molar-refractivity contribution in [3.8, 4) is 21.8 Å². The molecule has 0 radical (unpaired) electrons. The summed E-state index contributed by atoms with van der Waals surface area (Å²) in [5.41, 5.74) is 2.24. The number of rotatable bonds is 9. The molecule has 2 N–H and O–H groups in total. The van der Waals surface area contributed by atoms with Crippen LogP contribution in [0.4, 0.5) is 16.0 Å². The molecule has 1 aliphatic rings. The van der Waals surface area contributed by atoms with E-state index in [9.17, 15) is 4.79 Å². The van der Waals surface area contributed by atoms with Crippen LogP contribution in [0.5, 0.6) is 0 Å². The molecular weight excluding hydrogens is 535 g/mol. The molecule has 4 rings (SSSR count). The van der Waals surface area contributed by atoms with E-state index in [1.807, 2.05) is 32.9 Å². The lowest BCUT2D eigenvalue weighted by molar-refractivity contribution is -0.119. The number of amides is 1. The third-order valence-electron chi connectivity index (χ3n) is 6.14. The van der Waals surface area contributed by atoms with Gasteiger partial charge < -0.3 is 19.7 Å². The summed E-state index contributed by atoms with van der Waals surface area (Å²) >= 11 is 3.04. The molecule has 212 valence electrons. The molecule has 0 unspecified atom stereocenters. The quantitative estimate of drug-likeness (QED) is 0.166. The molecule has 0 atom stereocenters. The van der Waals surface area contributed by atoms with Crippen LogP contribution in [0, 0.1) is 5.82 Å². The highest BCUT2D eigenvalue weighted by atomic mass is 32.2. The number of piperidine rings is 1. The van der Waals surface area contributed by atoms with Gasteiger partial charge in [0.05, 0.1) is 32.6 Å². The molecule has 1 aliphatic heterocycles. The number of ether oxygens (including phenoxy) is 1. The van der Waals surface area contributed by atoms with E-state index in [1.165, 1.54) is 11.9 Å². The van der Waals surface area contributed by atoms with E-state index in [0.29, 0.717) is 41.7 Å². The van der Waals surface area contributed by atoms with Gasteiger partial charge in [-0.15, -0.1) is 11.3 Å². The first-order chi connectivity index (χ1) is 18.7. The van der Waals surface area contributed by atoms with Crippen LogP contribution in [0.1, 0.15) is 57.9 Å². The fourth-order valence-corrected chi connectivity index (χ4v) is 5.59. The van der Waals surface area contributed by atoms with Gasteiger partial charge in [0.1, 0.15) is 0 Å². The number of carbonyl (C=O) groups excluding carboxylic acids is 1. The van der Waals surface area contributed by atoms with Crippen LogP contribution in [-0.4, -0.2) is 64.9 Å². The van der Waals surface area contributed by atoms with Crippen molar-refractivity contribution in [2.75, 3.05) is 43.0 Å². The molecule has 0 saturated carbocycles.